The van der Waals surface area contributed by atoms with Gasteiger partial charge in [0.15, 0.2) is 5.78 Å². The number of hydrogen-bond acceptors (Lipinski definition) is 6. The number of ketones is 1. The number of H-pyrrole nitrogens is 1. The van der Waals surface area contributed by atoms with Crippen LogP contribution in [0.15, 0.2) is 24.3 Å². The number of aryl methyl sites for hydroxylation is 1. The van der Waals surface area contributed by atoms with Crippen molar-refractivity contribution >= 4 is 23.3 Å². The molecule has 1 aromatic heterocycles. The fourth-order valence-electron chi connectivity index (χ4n) is 3.15. The van der Waals surface area contributed by atoms with Crippen LogP contribution in [0.2, 0.25) is 0 Å². The number of esters is 1. The molecule has 0 radical (unpaired) electrons. The van der Waals surface area contributed by atoms with E-state index >= 15 is 0 Å². The van der Waals surface area contributed by atoms with Crippen LogP contribution >= 0.6 is 0 Å². The Morgan fingerprint density at radius 2 is 1.80 bits per heavy atom. The molecule has 8 nitrogen and oxygen atoms in total. The molecule has 30 heavy (non-hydrogen) atoms. The number of aromatic amines is 1. The second kappa shape index (κ2) is 10.1. The Morgan fingerprint density at radius 1 is 1.17 bits per heavy atom. The summed E-state index contributed by atoms with van der Waals surface area (Å²) < 4.78 is 10.2. The summed E-state index contributed by atoms with van der Waals surface area (Å²) in [6, 6.07) is 6.42. The average molecular weight is 415 g/mol. The van der Waals surface area contributed by atoms with Crippen LogP contribution in [0, 0.1) is 13.8 Å². The molecule has 8 heteroatoms. The van der Waals surface area contributed by atoms with Crippen molar-refractivity contribution in [2.45, 2.75) is 33.7 Å². The van der Waals surface area contributed by atoms with E-state index in [2.05, 4.69) is 10.3 Å². The molecule has 0 aliphatic rings. The lowest BCUT2D eigenvalue weighted by Crippen LogP contribution is -2.41. The Kier molecular flexibility index (Phi) is 7.77. The van der Waals surface area contributed by atoms with Gasteiger partial charge in [-0.1, -0.05) is 0 Å². The molecule has 1 heterocycles. The van der Waals surface area contributed by atoms with Gasteiger partial charge in [0.2, 0.25) is 5.91 Å². The molecule has 0 aliphatic carbocycles. The topological polar surface area (TPSA) is 101 Å². The van der Waals surface area contributed by atoms with E-state index in [0.717, 1.165) is 0 Å². The molecule has 0 saturated carbocycles. The number of benzene rings is 1. The number of carbonyl (C=O) groups excluding carboxylic acids is 3. The normalized spacial score (nSPS) is 11.8. The maximum Gasteiger partial charge on any atom is 0.340 e. The molecule has 162 valence electrons. The number of aromatic nitrogens is 1. The van der Waals surface area contributed by atoms with Gasteiger partial charge in [0.25, 0.3) is 0 Å². The molecule has 2 N–H and O–H groups in total. The summed E-state index contributed by atoms with van der Waals surface area (Å²) in [7, 11) is 3.28. The van der Waals surface area contributed by atoms with Crippen molar-refractivity contribution in [3.63, 3.8) is 0 Å². The predicted octanol–water partition coefficient (Wildman–Crippen LogP) is 2.96. The molecular weight excluding hydrogens is 386 g/mol. The Bertz CT molecular complexity index is 918. The number of hydrogen-bond donors (Lipinski definition) is 2. The maximum absolute atomic E-state index is 13.0. The zero-order valence-corrected chi connectivity index (χ0v) is 18.3. The highest BCUT2D eigenvalue weighted by molar-refractivity contribution is 6.04. The summed E-state index contributed by atoms with van der Waals surface area (Å²) in [5.41, 5.74) is 2.51. The van der Waals surface area contributed by atoms with Crippen LogP contribution in [0.4, 0.5) is 5.69 Å². The van der Waals surface area contributed by atoms with Crippen LogP contribution in [0.3, 0.4) is 0 Å². The van der Waals surface area contributed by atoms with Gasteiger partial charge in [-0.25, -0.2) is 4.79 Å². The Hall–Kier alpha value is -3.13. The summed E-state index contributed by atoms with van der Waals surface area (Å²) in [5, 5.41) is 2.79. The molecular formula is C22H29N3O5. The van der Waals surface area contributed by atoms with Gasteiger partial charge in [-0.15, -0.1) is 0 Å². The van der Waals surface area contributed by atoms with E-state index in [1.54, 1.807) is 71.0 Å². The largest absolute Gasteiger partial charge is 0.497 e. The lowest BCUT2D eigenvalue weighted by Gasteiger charge is -2.23. The van der Waals surface area contributed by atoms with Crippen LogP contribution in [0.1, 0.15) is 46.0 Å². The minimum Gasteiger partial charge on any atom is -0.497 e. The highest BCUT2D eigenvalue weighted by atomic mass is 16.5. The first-order valence-corrected chi connectivity index (χ1v) is 9.74. The van der Waals surface area contributed by atoms with Crippen molar-refractivity contribution in [3.05, 3.63) is 46.8 Å². The zero-order valence-electron chi connectivity index (χ0n) is 18.3. The van der Waals surface area contributed by atoms with E-state index in [1.165, 1.54) is 0 Å². The third kappa shape index (κ3) is 5.27. The molecule has 0 bridgehead atoms. The van der Waals surface area contributed by atoms with Crippen molar-refractivity contribution in [2.24, 2.45) is 0 Å². The van der Waals surface area contributed by atoms with Crippen molar-refractivity contribution in [2.75, 3.05) is 32.6 Å². The van der Waals surface area contributed by atoms with Crippen LogP contribution in [-0.4, -0.2) is 60.9 Å². The monoisotopic (exact) mass is 415 g/mol. The Morgan fingerprint density at radius 3 is 2.37 bits per heavy atom. The molecule has 0 fully saturated rings. The molecule has 0 aliphatic heterocycles. The van der Waals surface area contributed by atoms with Gasteiger partial charge < -0.3 is 19.8 Å². The first-order valence-electron chi connectivity index (χ1n) is 9.74. The third-order valence-electron chi connectivity index (χ3n) is 4.97. The fourth-order valence-corrected chi connectivity index (χ4v) is 3.15. The lowest BCUT2D eigenvalue weighted by atomic mass is 10.0. The first-order chi connectivity index (χ1) is 14.2. The molecule has 0 saturated heterocycles. The van der Waals surface area contributed by atoms with E-state index in [1.807, 2.05) is 0 Å². The predicted molar refractivity (Wildman–Crippen MR) is 114 cm³/mol. The van der Waals surface area contributed by atoms with Gasteiger partial charge in [0, 0.05) is 11.4 Å². The zero-order chi connectivity index (χ0) is 22.4. The number of carbonyl (C=O) groups is 3. The van der Waals surface area contributed by atoms with Crippen molar-refractivity contribution in [1.82, 2.24) is 9.88 Å². The van der Waals surface area contributed by atoms with Crippen molar-refractivity contribution in [3.8, 4) is 5.75 Å². The highest BCUT2D eigenvalue weighted by Gasteiger charge is 2.28. The second-order valence-corrected chi connectivity index (χ2v) is 7.08. The van der Waals surface area contributed by atoms with E-state index < -0.39 is 12.0 Å². The summed E-state index contributed by atoms with van der Waals surface area (Å²) in [5.74, 6) is -0.203. The van der Waals surface area contributed by atoms with Crippen LogP contribution in [-0.2, 0) is 9.53 Å². The summed E-state index contributed by atoms with van der Waals surface area (Å²) in [6.07, 6.45) is 0. The molecule has 2 rings (SSSR count). The molecule has 1 aromatic carbocycles. The number of rotatable bonds is 9. The smallest absolute Gasteiger partial charge is 0.340 e. The number of nitrogens with zero attached hydrogens (tertiary/aromatic N) is 1. The van der Waals surface area contributed by atoms with E-state index in [4.69, 9.17) is 9.47 Å². The third-order valence-corrected chi connectivity index (χ3v) is 4.97. The van der Waals surface area contributed by atoms with Crippen molar-refractivity contribution < 1.29 is 23.9 Å². The van der Waals surface area contributed by atoms with Gasteiger partial charge in [-0.2, -0.15) is 0 Å². The standard InChI is InChI=1S/C22H29N3O5/c1-7-30-22(28)19-13(2)20(23-14(19)3)21(27)15(4)25(5)12-18(26)24-16-8-10-17(29-6)11-9-16/h8-11,15,23H,7,12H2,1-6H3,(H,24,26)/t15-/m1/s1. The average Bonchev–Trinajstić information content (AvgIpc) is 3.01. The number of anilines is 1. The van der Waals surface area contributed by atoms with Crippen LogP contribution < -0.4 is 10.1 Å². The van der Waals surface area contributed by atoms with Crippen molar-refractivity contribution in [1.29, 1.82) is 0 Å². The number of Topliss-reactive ketones (excluding diaryl/α,β-unsaturated/α-hetero) is 1. The van der Waals surface area contributed by atoms with Crippen LogP contribution in [0.25, 0.3) is 0 Å². The SMILES string of the molecule is CCOC(=O)c1c(C)[nH]c(C(=O)[C@@H](C)N(C)CC(=O)Nc2ccc(OC)cc2)c1C. The maximum atomic E-state index is 13.0. The van der Waals surface area contributed by atoms with Gasteiger partial charge >= 0.3 is 5.97 Å². The summed E-state index contributed by atoms with van der Waals surface area (Å²) in [4.78, 5) is 42.2. The molecule has 1 amide bonds. The van der Waals surface area contributed by atoms with Gasteiger partial charge in [-0.3, -0.25) is 14.5 Å². The lowest BCUT2D eigenvalue weighted by molar-refractivity contribution is -0.117. The van der Waals surface area contributed by atoms with Crippen LogP contribution in [0.5, 0.6) is 5.75 Å². The van der Waals surface area contributed by atoms with Gasteiger partial charge in [0.05, 0.1) is 37.6 Å². The molecule has 0 spiro atoms. The minimum absolute atomic E-state index is 0.0302. The number of methoxy groups -OCH3 is 1. The summed E-state index contributed by atoms with van der Waals surface area (Å²) in [6.45, 7) is 7.19. The number of nitrogens with one attached hydrogen (secondary N) is 2. The minimum atomic E-state index is -0.571. The van der Waals surface area contributed by atoms with Gasteiger partial charge in [0.1, 0.15) is 5.75 Å². The fraction of sp³-hybridized carbons (Fsp3) is 0.409. The first kappa shape index (κ1) is 23.2. The quantitative estimate of drug-likeness (QED) is 0.482. The molecule has 0 unspecified atom stereocenters. The second-order valence-electron chi connectivity index (χ2n) is 7.08. The number of ether oxygens (including phenoxy) is 2. The molecule has 2 aromatic rings. The van der Waals surface area contributed by atoms with E-state index in [-0.39, 0.29) is 24.8 Å². The Balaban J connectivity index is 2.05. The Labute approximate surface area is 176 Å². The van der Waals surface area contributed by atoms with E-state index in [9.17, 15) is 14.4 Å². The number of likely N-dealkylation sites (N-methyl/N-ethyl adjacent to an activating group) is 1. The number of amides is 1. The highest BCUT2D eigenvalue weighted by Crippen LogP contribution is 2.21. The van der Waals surface area contributed by atoms with Gasteiger partial charge in [-0.05, 0) is 64.6 Å². The summed E-state index contributed by atoms with van der Waals surface area (Å²) >= 11 is 0. The molecule has 1 atom stereocenters. The van der Waals surface area contributed by atoms with E-state index in [0.29, 0.717) is 34.0 Å².